The first-order valence-corrected chi connectivity index (χ1v) is 10.5. The van der Waals surface area contributed by atoms with Crippen molar-refractivity contribution in [3.63, 3.8) is 0 Å². The molecule has 1 amide bonds. The van der Waals surface area contributed by atoms with E-state index in [9.17, 15) is 19.5 Å². The quantitative estimate of drug-likeness (QED) is 0.609. The lowest BCUT2D eigenvalue weighted by Gasteiger charge is -2.34. The van der Waals surface area contributed by atoms with Gasteiger partial charge in [-0.1, -0.05) is 15.9 Å². The molecule has 2 aromatic carbocycles. The van der Waals surface area contributed by atoms with Crippen molar-refractivity contribution < 1.29 is 24.2 Å². The molecule has 0 bridgehead atoms. The fourth-order valence-electron chi connectivity index (χ4n) is 3.49. The van der Waals surface area contributed by atoms with Crippen LogP contribution in [0.4, 0.5) is 11.4 Å². The summed E-state index contributed by atoms with van der Waals surface area (Å²) in [5, 5.41) is 12.2. The Hall–Kier alpha value is -2.87. The number of amides is 1. The summed E-state index contributed by atoms with van der Waals surface area (Å²) >= 11 is 3.34. The molecular weight excluding hydrogens is 452 g/mol. The molecule has 2 aromatic rings. The molecule has 1 unspecified atom stereocenters. The zero-order chi connectivity index (χ0) is 21.7. The highest BCUT2D eigenvalue weighted by molar-refractivity contribution is 9.10. The minimum Gasteiger partial charge on any atom is -0.478 e. The lowest BCUT2D eigenvalue weighted by atomic mass is 9.97. The molecule has 8 heteroatoms. The van der Waals surface area contributed by atoms with E-state index >= 15 is 0 Å². The van der Waals surface area contributed by atoms with Crippen LogP contribution in [0.5, 0.6) is 0 Å². The molecule has 0 aliphatic carbocycles. The maximum atomic E-state index is 12.7. The Morgan fingerprint density at radius 1 is 1.17 bits per heavy atom. The van der Waals surface area contributed by atoms with Crippen LogP contribution in [0.15, 0.2) is 46.9 Å². The van der Waals surface area contributed by atoms with Crippen LogP contribution >= 0.6 is 15.9 Å². The van der Waals surface area contributed by atoms with Crippen molar-refractivity contribution in [2.45, 2.75) is 19.8 Å². The van der Waals surface area contributed by atoms with Gasteiger partial charge < -0.3 is 20.1 Å². The van der Waals surface area contributed by atoms with Crippen molar-refractivity contribution in [2.24, 2.45) is 5.92 Å². The van der Waals surface area contributed by atoms with Crippen molar-refractivity contribution in [3.05, 3.63) is 58.1 Å². The summed E-state index contributed by atoms with van der Waals surface area (Å²) in [5.41, 5.74) is 1.60. The number of carboxylic acid groups (broad SMARTS) is 1. The molecule has 0 aromatic heterocycles. The average molecular weight is 475 g/mol. The number of carbonyl (C=O) groups is 3. The van der Waals surface area contributed by atoms with Crippen LogP contribution in [0.1, 0.15) is 40.5 Å². The summed E-state index contributed by atoms with van der Waals surface area (Å²) < 4.78 is 6.01. The second kappa shape index (κ2) is 9.75. The monoisotopic (exact) mass is 474 g/mol. The van der Waals surface area contributed by atoms with E-state index in [1.54, 1.807) is 37.3 Å². The van der Waals surface area contributed by atoms with Gasteiger partial charge in [0.2, 0.25) is 0 Å². The van der Waals surface area contributed by atoms with Gasteiger partial charge in [0.05, 0.1) is 29.5 Å². The van der Waals surface area contributed by atoms with Gasteiger partial charge in [-0.15, -0.1) is 0 Å². The molecule has 1 fully saturated rings. The van der Waals surface area contributed by atoms with E-state index in [1.807, 2.05) is 4.90 Å². The number of esters is 1. The fraction of sp³-hybridized carbons (Fsp3) is 0.318. The highest BCUT2D eigenvalue weighted by atomic mass is 79.9. The molecule has 1 aliphatic heterocycles. The Balaban J connectivity index is 1.88. The van der Waals surface area contributed by atoms with E-state index in [4.69, 9.17) is 4.74 Å². The smallest absolute Gasteiger partial charge is 0.335 e. The summed E-state index contributed by atoms with van der Waals surface area (Å²) in [6, 6.07) is 11.5. The van der Waals surface area contributed by atoms with E-state index in [1.165, 1.54) is 12.1 Å². The van der Waals surface area contributed by atoms with E-state index in [2.05, 4.69) is 21.2 Å². The van der Waals surface area contributed by atoms with Gasteiger partial charge in [-0.3, -0.25) is 9.59 Å². The predicted molar refractivity (Wildman–Crippen MR) is 117 cm³/mol. The Bertz CT molecular complexity index is 945. The number of hydrogen-bond acceptors (Lipinski definition) is 5. The Morgan fingerprint density at radius 3 is 2.53 bits per heavy atom. The van der Waals surface area contributed by atoms with Crippen LogP contribution in [0, 0.1) is 5.92 Å². The molecule has 1 saturated heterocycles. The Labute approximate surface area is 183 Å². The molecule has 0 spiro atoms. The van der Waals surface area contributed by atoms with Crippen LogP contribution in [0.2, 0.25) is 0 Å². The average Bonchev–Trinajstić information content (AvgIpc) is 2.74. The van der Waals surface area contributed by atoms with Gasteiger partial charge in [0.15, 0.2) is 0 Å². The van der Waals surface area contributed by atoms with Gasteiger partial charge in [0.1, 0.15) is 0 Å². The SMILES string of the molecule is CCOC(=O)C1CCCN(c2ccc(C(=O)O)cc2NC(=O)c2ccc(Br)cc2)C1. The first-order chi connectivity index (χ1) is 14.4. The molecule has 1 atom stereocenters. The maximum absolute atomic E-state index is 12.7. The number of ether oxygens (including phenoxy) is 1. The minimum absolute atomic E-state index is 0.0730. The summed E-state index contributed by atoms with van der Waals surface area (Å²) in [6.07, 6.45) is 1.54. The highest BCUT2D eigenvalue weighted by Gasteiger charge is 2.28. The third kappa shape index (κ3) is 5.18. The fourth-order valence-corrected chi connectivity index (χ4v) is 3.75. The van der Waals surface area contributed by atoms with Crippen LogP contribution in [-0.4, -0.2) is 42.6 Å². The van der Waals surface area contributed by atoms with Gasteiger partial charge in [-0.2, -0.15) is 0 Å². The molecule has 30 heavy (non-hydrogen) atoms. The van der Waals surface area contributed by atoms with Crippen LogP contribution < -0.4 is 10.2 Å². The molecule has 1 aliphatic rings. The van der Waals surface area contributed by atoms with E-state index < -0.39 is 5.97 Å². The van der Waals surface area contributed by atoms with Gasteiger partial charge in [-0.05, 0) is 62.2 Å². The first kappa shape index (κ1) is 21.8. The first-order valence-electron chi connectivity index (χ1n) is 9.75. The number of nitrogens with one attached hydrogen (secondary N) is 1. The topological polar surface area (TPSA) is 95.9 Å². The predicted octanol–water partition coefficient (Wildman–Crippen LogP) is 4.18. The van der Waals surface area contributed by atoms with Crippen molar-refractivity contribution >= 4 is 45.2 Å². The molecule has 3 rings (SSSR count). The molecule has 2 N–H and O–H groups in total. The molecular formula is C22H23BrN2O5. The van der Waals surface area contributed by atoms with E-state index in [-0.39, 0.29) is 23.4 Å². The lowest BCUT2D eigenvalue weighted by Crippen LogP contribution is -2.39. The molecule has 0 radical (unpaired) electrons. The third-order valence-corrected chi connectivity index (χ3v) is 5.51. The number of nitrogens with zero attached hydrogens (tertiary/aromatic N) is 1. The third-order valence-electron chi connectivity index (χ3n) is 4.98. The largest absolute Gasteiger partial charge is 0.478 e. The number of benzene rings is 2. The van der Waals surface area contributed by atoms with Crippen molar-refractivity contribution in [1.29, 1.82) is 0 Å². The number of aromatic carboxylic acids is 1. The molecule has 1 heterocycles. The lowest BCUT2D eigenvalue weighted by molar-refractivity contribution is -0.148. The number of halogens is 1. The number of anilines is 2. The van der Waals surface area contributed by atoms with Gasteiger partial charge >= 0.3 is 11.9 Å². The van der Waals surface area contributed by atoms with Crippen molar-refractivity contribution in [3.8, 4) is 0 Å². The normalized spacial score (nSPS) is 16.1. The summed E-state index contributed by atoms with van der Waals surface area (Å²) in [4.78, 5) is 38.4. The number of hydrogen-bond donors (Lipinski definition) is 2. The number of carbonyl (C=O) groups excluding carboxylic acids is 2. The van der Waals surface area contributed by atoms with Gasteiger partial charge in [-0.25, -0.2) is 4.79 Å². The van der Waals surface area contributed by atoms with Crippen LogP contribution in [-0.2, 0) is 9.53 Å². The van der Waals surface area contributed by atoms with Gasteiger partial charge in [0, 0.05) is 23.1 Å². The number of rotatable bonds is 6. The zero-order valence-corrected chi connectivity index (χ0v) is 18.1. The van der Waals surface area contributed by atoms with Crippen LogP contribution in [0.3, 0.4) is 0 Å². The second-order valence-corrected chi connectivity index (χ2v) is 7.95. The van der Waals surface area contributed by atoms with Crippen molar-refractivity contribution in [2.75, 3.05) is 29.9 Å². The minimum atomic E-state index is -1.08. The summed E-state index contributed by atoms with van der Waals surface area (Å²) in [6.45, 7) is 3.26. The Morgan fingerprint density at radius 2 is 1.87 bits per heavy atom. The van der Waals surface area contributed by atoms with E-state index in [0.29, 0.717) is 36.6 Å². The molecule has 158 valence electrons. The molecule has 7 nitrogen and oxygen atoms in total. The standard InChI is InChI=1S/C22H23BrN2O5/c1-2-30-22(29)16-4-3-11-25(13-16)19-10-7-15(21(27)28)12-18(19)24-20(26)14-5-8-17(23)9-6-14/h5-10,12,16H,2-4,11,13H2,1H3,(H,24,26)(H,27,28). The Kier molecular flexibility index (Phi) is 7.10. The second-order valence-electron chi connectivity index (χ2n) is 7.04. The van der Waals surface area contributed by atoms with Crippen molar-refractivity contribution in [1.82, 2.24) is 0 Å². The van der Waals surface area contributed by atoms with Crippen LogP contribution in [0.25, 0.3) is 0 Å². The molecule has 0 saturated carbocycles. The summed E-state index contributed by atoms with van der Waals surface area (Å²) in [5.74, 6) is -1.91. The van der Waals surface area contributed by atoms with E-state index in [0.717, 1.165) is 17.3 Å². The summed E-state index contributed by atoms with van der Waals surface area (Å²) in [7, 11) is 0. The number of carboxylic acids is 1. The number of piperidine rings is 1. The maximum Gasteiger partial charge on any atom is 0.335 e. The van der Waals surface area contributed by atoms with Gasteiger partial charge in [0.25, 0.3) is 5.91 Å². The zero-order valence-electron chi connectivity index (χ0n) is 16.6. The highest BCUT2D eigenvalue weighted by Crippen LogP contribution is 2.32.